The summed E-state index contributed by atoms with van der Waals surface area (Å²) < 4.78 is 0. The Morgan fingerprint density at radius 3 is 2.64 bits per heavy atom. The maximum Gasteiger partial charge on any atom is 0.326 e. The molecule has 14 heavy (non-hydrogen) atoms. The maximum atomic E-state index is 11.6. The van der Waals surface area contributed by atoms with E-state index < -0.39 is 12.0 Å². The second-order valence-corrected chi connectivity index (χ2v) is 3.03. The summed E-state index contributed by atoms with van der Waals surface area (Å²) in [6.07, 6.45) is 3.15. The first-order valence-corrected chi connectivity index (χ1v) is 4.16. The zero-order valence-electron chi connectivity index (χ0n) is 8.02. The molecule has 0 aromatic carbocycles. The molecule has 0 spiro atoms. The van der Waals surface area contributed by atoms with Crippen LogP contribution in [-0.2, 0) is 4.79 Å². The molecule has 0 aliphatic heterocycles. The first kappa shape index (κ1) is 10.3. The van der Waals surface area contributed by atoms with Gasteiger partial charge in [0.25, 0.3) is 5.91 Å². The van der Waals surface area contributed by atoms with Crippen LogP contribution in [0.25, 0.3) is 0 Å². The molecular weight excluding hydrogens is 184 g/mol. The topological polar surface area (TPSA) is 73.4 Å². The van der Waals surface area contributed by atoms with Crippen molar-refractivity contribution < 1.29 is 14.7 Å². The minimum Gasteiger partial charge on any atom is -0.480 e. The molecule has 0 bridgehead atoms. The third-order valence-corrected chi connectivity index (χ3v) is 2.10. The Balaban J connectivity index is 2.76. The fourth-order valence-electron chi connectivity index (χ4n) is 1.00. The molecule has 1 aromatic rings. The first-order valence-electron chi connectivity index (χ1n) is 4.16. The Bertz CT molecular complexity index is 332. The Morgan fingerprint density at radius 2 is 2.21 bits per heavy atom. The van der Waals surface area contributed by atoms with Crippen LogP contribution >= 0.6 is 0 Å². The molecule has 1 unspecified atom stereocenters. The Morgan fingerprint density at radius 1 is 1.57 bits per heavy atom. The van der Waals surface area contributed by atoms with Gasteiger partial charge in [-0.15, -0.1) is 0 Å². The van der Waals surface area contributed by atoms with Crippen LogP contribution < -0.4 is 0 Å². The number of aromatic amines is 1. The van der Waals surface area contributed by atoms with E-state index >= 15 is 0 Å². The molecule has 5 heteroatoms. The van der Waals surface area contributed by atoms with Crippen molar-refractivity contribution in [2.45, 2.75) is 13.0 Å². The van der Waals surface area contributed by atoms with Crippen molar-refractivity contribution >= 4 is 11.9 Å². The van der Waals surface area contributed by atoms with E-state index in [1.165, 1.54) is 25.1 Å². The van der Waals surface area contributed by atoms with Crippen LogP contribution in [0.4, 0.5) is 0 Å². The van der Waals surface area contributed by atoms with Crippen LogP contribution in [-0.4, -0.2) is 40.0 Å². The van der Waals surface area contributed by atoms with Gasteiger partial charge in [-0.25, -0.2) is 4.79 Å². The molecular formula is C9H12N2O3. The highest BCUT2D eigenvalue weighted by molar-refractivity contribution is 5.96. The number of H-pyrrole nitrogens is 1. The quantitative estimate of drug-likeness (QED) is 0.741. The Hall–Kier alpha value is -1.78. The molecule has 1 heterocycles. The highest BCUT2D eigenvalue weighted by atomic mass is 16.4. The van der Waals surface area contributed by atoms with Gasteiger partial charge in [-0.05, 0) is 13.0 Å². The average molecular weight is 196 g/mol. The minimum absolute atomic E-state index is 0.304. The number of nitrogens with zero attached hydrogens (tertiary/aromatic N) is 1. The normalized spacial score (nSPS) is 12.1. The van der Waals surface area contributed by atoms with Crippen molar-refractivity contribution in [1.82, 2.24) is 9.88 Å². The van der Waals surface area contributed by atoms with E-state index in [1.54, 1.807) is 12.3 Å². The van der Waals surface area contributed by atoms with E-state index in [0.717, 1.165) is 0 Å². The molecule has 0 aliphatic rings. The number of rotatable bonds is 3. The second kappa shape index (κ2) is 3.95. The molecule has 76 valence electrons. The van der Waals surface area contributed by atoms with Crippen LogP contribution in [0.3, 0.4) is 0 Å². The largest absolute Gasteiger partial charge is 0.480 e. The lowest BCUT2D eigenvalue weighted by atomic mass is 10.2. The SMILES string of the molecule is CC(C(=O)O)N(C)C(=O)c1cc[nH]c1. The first-order chi connectivity index (χ1) is 6.54. The summed E-state index contributed by atoms with van der Waals surface area (Å²) >= 11 is 0. The summed E-state index contributed by atoms with van der Waals surface area (Å²) in [5.74, 6) is -1.32. The molecule has 5 nitrogen and oxygen atoms in total. The van der Waals surface area contributed by atoms with Crippen molar-refractivity contribution in [2.75, 3.05) is 7.05 Å². The number of hydrogen-bond donors (Lipinski definition) is 2. The van der Waals surface area contributed by atoms with Crippen LogP contribution in [0.5, 0.6) is 0 Å². The average Bonchev–Trinajstić information content (AvgIpc) is 2.67. The van der Waals surface area contributed by atoms with Gasteiger partial charge in [0.1, 0.15) is 6.04 Å². The van der Waals surface area contributed by atoms with Crippen molar-refractivity contribution in [3.05, 3.63) is 24.0 Å². The monoisotopic (exact) mass is 196 g/mol. The molecule has 1 rings (SSSR count). The number of carbonyl (C=O) groups excluding carboxylic acids is 1. The van der Waals surface area contributed by atoms with E-state index in [1.807, 2.05) is 0 Å². The zero-order chi connectivity index (χ0) is 10.7. The summed E-state index contributed by atoms with van der Waals surface area (Å²) in [4.78, 5) is 26.1. The van der Waals surface area contributed by atoms with E-state index in [-0.39, 0.29) is 5.91 Å². The number of aromatic nitrogens is 1. The summed E-state index contributed by atoms with van der Waals surface area (Å²) in [6, 6.07) is 0.783. The van der Waals surface area contributed by atoms with Crippen molar-refractivity contribution in [3.63, 3.8) is 0 Å². The third kappa shape index (κ3) is 1.93. The second-order valence-electron chi connectivity index (χ2n) is 3.03. The molecule has 1 amide bonds. The molecule has 2 N–H and O–H groups in total. The maximum absolute atomic E-state index is 11.6. The van der Waals surface area contributed by atoms with E-state index in [2.05, 4.69) is 4.98 Å². The number of carboxylic acid groups (broad SMARTS) is 1. The lowest BCUT2D eigenvalue weighted by Crippen LogP contribution is -2.40. The van der Waals surface area contributed by atoms with E-state index in [0.29, 0.717) is 5.56 Å². The summed E-state index contributed by atoms with van der Waals surface area (Å²) in [5.41, 5.74) is 0.459. The van der Waals surface area contributed by atoms with Gasteiger partial charge in [-0.1, -0.05) is 0 Å². The number of amides is 1. The highest BCUT2D eigenvalue weighted by Gasteiger charge is 2.22. The fraction of sp³-hybridized carbons (Fsp3) is 0.333. The van der Waals surface area contributed by atoms with Gasteiger partial charge in [0, 0.05) is 19.4 Å². The van der Waals surface area contributed by atoms with Gasteiger partial charge in [0.2, 0.25) is 0 Å². The number of aliphatic carboxylic acids is 1. The number of hydrogen-bond acceptors (Lipinski definition) is 2. The lowest BCUT2D eigenvalue weighted by molar-refractivity contribution is -0.141. The zero-order valence-corrected chi connectivity index (χ0v) is 8.02. The molecule has 1 atom stereocenters. The standard InChI is InChI=1S/C9H12N2O3/c1-6(9(13)14)11(2)8(12)7-3-4-10-5-7/h3-6,10H,1-2H3,(H,13,14). The van der Waals surface area contributed by atoms with Gasteiger partial charge < -0.3 is 15.0 Å². The predicted molar refractivity (Wildman–Crippen MR) is 50.0 cm³/mol. The number of carbonyl (C=O) groups is 2. The van der Waals surface area contributed by atoms with Crippen molar-refractivity contribution in [2.24, 2.45) is 0 Å². The molecule has 0 fully saturated rings. The molecule has 0 saturated heterocycles. The summed E-state index contributed by atoms with van der Waals surface area (Å²) in [7, 11) is 1.47. The van der Waals surface area contributed by atoms with Gasteiger partial charge >= 0.3 is 5.97 Å². The molecule has 1 aromatic heterocycles. The Kier molecular flexibility index (Phi) is 2.91. The lowest BCUT2D eigenvalue weighted by Gasteiger charge is -2.20. The fourth-order valence-corrected chi connectivity index (χ4v) is 1.00. The predicted octanol–water partition coefficient (Wildman–Crippen LogP) is 0.560. The van der Waals surface area contributed by atoms with Gasteiger partial charge in [-0.3, -0.25) is 4.79 Å². The number of carboxylic acids is 1. The van der Waals surface area contributed by atoms with Crippen LogP contribution in [0, 0.1) is 0 Å². The molecule has 0 aliphatic carbocycles. The van der Waals surface area contributed by atoms with Gasteiger partial charge in [0.15, 0.2) is 0 Å². The van der Waals surface area contributed by atoms with Crippen LogP contribution in [0.2, 0.25) is 0 Å². The number of likely N-dealkylation sites (N-methyl/N-ethyl adjacent to an activating group) is 1. The smallest absolute Gasteiger partial charge is 0.326 e. The van der Waals surface area contributed by atoms with E-state index in [4.69, 9.17) is 5.11 Å². The minimum atomic E-state index is -1.02. The van der Waals surface area contributed by atoms with Gasteiger partial charge in [0.05, 0.1) is 5.56 Å². The van der Waals surface area contributed by atoms with E-state index in [9.17, 15) is 9.59 Å². The van der Waals surface area contributed by atoms with Gasteiger partial charge in [-0.2, -0.15) is 0 Å². The van der Waals surface area contributed by atoms with Crippen molar-refractivity contribution in [1.29, 1.82) is 0 Å². The summed E-state index contributed by atoms with van der Waals surface area (Å²) in [5, 5.41) is 8.70. The third-order valence-electron chi connectivity index (χ3n) is 2.10. The number of nitrogens with one attached hydrogen (secondary N) is 1. The van der Waals surface area contributed by atoms with Crippen LogP contribution in [0.1, 0.15) is 17.3 Å². The Labute approximate surface area is 81.3 Å². The highest BCUT2D eigenvalue weighted by Crippen LogP contribution is 2.05. The van der Waals surface area contributed by atoms with Crippen molar-refractivity contribution in [3.8, 4) is 0 Å². The molecule has 0 saturated carbocycles. The van der Waals surface area contributed by atoms with Crippen LogP contribution in [0.15, 0.2) is 18.5 Å². The summed E-state index contributed by atoms with van der Waals surface area (Å²) in [6.45, 7) is 1.47. The molecule has 0 radical (unpaired) electrons.